The minimum absolute atomic E-state index is 0.0582. The van der Waals surface area contributed by atoms with Gasteiger partial charge in [-0.3, -0.25) is 9.36 Å². The molecular formula is C18H21NO3. The Labute approximate surface area is 129 Å². The topological polar surface area (TPSA) is 52.2 Å². The zero-order chi connectivity index (χ0) is 15.9. The summed E-state index contributed by atoms with van der Waals surface area (Å²) in [5.74, 6) is 0.347. The molecule has 0 saturated heterocycles. The molecule has 0 N–H and O–H groups in total. The van der Waals surface area contributed by atoms with E-state index in [-0.39, 0.29) is 29.3 Å². The Kier molecular flexibility index (Phi) is 3.77. The molecule has 0 bridgehead atoms. The van der Waals surface area contributed by atoms with Crippen LogP contribution in [0.25, 0.3) is 0 Å². The van der Waals surface area contributed by atoms with E-state index >= 15 is 0 Å². The Morgan fingerprint density at radius 3 is 2.45 bits per heavy atom. The zero-order valence-electron chi connectivity index (χ0n) is 13.2. The van der Waals surface area contributed by atoms with E-state index in [1.165, 1.54) is 0 Å². The number of hydrogen-bond donors (Lipinski definition) is 0. The number of benzene rings is 1. The molecule has 0 radical (unpaired) electrons. The van der Waals surface area contributed by atoms with E-state index in [0.29, 0.717) is 18.7 Å². The number of carbonyl (C=O) groups excluding carboxylic acids is 1. The molecule has 1 aromatic heterocycles. The van der Waals surface area contributed by atoms with Crippen LogP contribution in [0.5, 0.6) is 0 Å². The molecule has 2 aromatic rings. The van der Waals surface area contributed by atoms with Crippen LogP contribution in [0.3, 0.4) is 0 Å². The average Bonchev–Trinajstić information content (AvgIpc) is 2.79. The summed E-state index contributed by atoms with van der Waals surface area (Å²) < 4.78 is 7.21. The summed E-state index contributed by atoms with van der Waals surface area (Å²) in [4.78, 5) is 24.6. The van der Waals surface area contributed by atoms with Crippen molar-refractivity contribution in [3.63, 3.8) is 0 Å². The first-order chi connectivity index (χ1) is 10.5. The van der Waals surface area contributed by atoms with Gasteiger partial charge in [0.25, 0.3) is 0 Å². The number of oxazole rings is 1. The van der Waals surface area contributed by atoms with Crippen LogP contribution in [0.2, 0.25) is 0 Å². The van der Waals surface area contributed by atoms with E-state index in [1.807, 2.05) is 51.1 Å². The molecule has 1 aromatic carbocycles. The molecule has 0 fully saturated rings. The normalized spacial score (nSPS) is 24.9. The lowest BCUT2D eigenvalue weighted by atomic mass is 9.87. The predicted molar refractivity (Wildman–Crippen MR) is 84.0 cm³/mol. The van der Waals surface area contributed by atoms with Crippen molar-refractivity contribution in [1.29, 1.82) is 0 Å². The highest BCUT2D eigenvalue weighted by Crippen LogP contribution is 2.34. The van der Waals surface area contributed by atoms with Crippen LogP contribution in [0.4, 0.5) is 0 Å². The second kappa shape index (κ2) is 5.59. The standard InChI is InChI=1S/C18H21NO3/c1-11-9-15-17(13(3)12(2)16(11)20)22-18(21)19(15)10-14-7-5-4-6-8-14/h4-8,11-13H,9-10H2,1-3H3/t11-,12+,13+/m1/s1. The fourth-order valence-corrected chi connectivity index (χ4v) is 3.26. The average molecular weight is 299 g/mol. The van der Waals surface area contributed by atoms with Crippen molar-refractivity contribution in [2.45, 2.75) is 39.7 Å². The SMILES string of the molecule is C[C@@H]1Cc2c(oc(=O)n2Cc2ccccc2)[C@@H](C)[C@H](C)C1=O. The highest BCUT2D eigenvalue weighted by molar-refractivity contribution is 5.84. The van der Waals surface area contributed by atoms with Gasteiger partial charge in [0.2, 0.25) is 0 Å². The van der Waals surface area contributed by atoms with E-state index in [0.717, 1.165) is 11.3 Å². The van der Waals surface area contributed by atoms with Crippen molar-refractivity contribution >= 4 is 5.78 Å². The van der Waals surface area contributed by atoms with E-state index in [4.69, 9.17) is 4.42 Å². The number of aromatic nitrogens is 1. The second-order valence-corrected chi connectivity index (χ2v) is 6.34. The molecule has 0 saturated carbocycles. The summed E-state index contributed by atoms with van der Waals surface area (Å²) in [5.41, 5.74) is 1.93. The molecule has 0 aliphatic heterocycles. The Balaban J connectivity index is 2.06. The monoisotopic (exact) mass is 299 g/mol. The van der Waals surface area contributed by atoms with Crippen LogP contribution in [0.1, 0.15) is 43.7 Å². The molecule has 116 valence electrons. The van der Waals surface area contributed by atoms with E-state index in [2.05, 4.69) is 0 Å². The molecule has 0 amide bonds. The van der Waals surface area contributed by atoms with Crippen molar-refractivity contribution in [3.8, 4) is 0 Å². The molecule has 3 rings (SSSR count). The number of hydrogen-bond acceptors (Lipinski definition) is 3. The smallest absolute Gasteiger partial charge is 0.412 e. The lowest BCUT2D eigenvalue weighted by Crippen LogP contribution is -2.23. The van der Waals surface area contributed by atoms with Crippen molar-refractivity contribution in [2.24, 2.45) is 11.8 Å². The van der Waals surface area contributed by atoms with E-state index in [9.17, 15) is 9.59 Å². The quantitative estimate of drug-likeness (QED) is 0.801. The van der Waals surface area contributed by atoms with Crippen LogP contribution in [0.15, 0.2) is 39.5 Å². The van der Waals surface area contributed by atoms with E-state index in [1.54, 1.807) is 4.57 Å². The van der Waals surface area contributed by atoms with Gasteiger partial charge < -0.3 is 4.42 Å². The number of Topliss-reactive ketones (excluding diaryl/α,β-unsaturated/α-hetero) is 1. The third-order valence-electron chi connectivity index (χ3n) is 4.81. The molecule has 1 heterocycles. The number of carbonyl (C=O) groups is 1. The van der Waals surface area contributed by atoms with Gasteiger partial charge in [-0.2, -0.15) is 0 Å². The minimum atomic E-state index is -0.325. The van der Waals surface area contributed by atoms with Crippen molar-refractivity contribution in [1.82, 2.24) is 4.57 Å². The van der Waals surface area contributed by atoms with Crippen molar-refractivity contribution < 1.29 is 9.21 Å². The molecule has 1 aliphatic rings. The summed E-state index contributed by atoms with van der Waals surface area (Å²) in [6.45, 7) is 6.31. The van der Waals surface area contributed by atoms with Crippen LogP contribution in [-0.2, 0) is 17.8 Å². The maximum Gasteiger partial charge on any atom is 0.419 e. The summed E-state index contributed by atoms with van der Waals surface area (Å²) in [6, 6.07) is 9.84. The molecule has 4 nitrogen and oxygen atoms in total. The lowest BCUT2D eigenvalue weighted by Gasteiger charge is -2.15. The van der Waals surface area contributed by atoms with E-state index < -0.39 is 0 Å². The van der Waals surface area contributed by atoms with Crippen LogP contribution in [-0.4, -0.2) is 10.4 Å². The third-order valence-corrected chi connectivity index (χ3v) is 4.81. The Morgan fingerprint density at radius 1 is 1.09 bits per heavy atom. The Bertz CT molecular complexity index is 741. The van der Waals surface area contributed by atoms with Gasteiger partial charge >= 0.3 is 5.76 Å². The number of fused-ring (bicyclic) bond motifs is 1. The fourth-order valence-electron chi connectivity index (χ4n) is 3.26. The lowest BCUT2D eigenvalue weighted by molar-refractivity contribution is -0.126. The van der Waals surface area contributed by atoms with Crippen molar-refractivity contribution in [2.75, 3.05) is 0 Å². The van der Waals surface area contributed by atoms with Crippen LogP contribution in [0, 0.1) is 11.8 Å². The molecular weight excluding hydrogens is 278 g/mol. The van der Waals surface area contributed by atoms with Gasteiger partial charge in [0.05, 0.1) is 12.2 Å². The van der Waals surface area contributed by atoms with Crippen molar-refractivity contribution in [3.05, 3.63) is 57.9 Å². The number of ketones is 1. The molecule has 0 unspecified atom stereocenters. The molecule has 1 aliphatic carbocycles. The zero-order valence-corrected chi connectivity index (χ0v) is 13.2. The van der Waals surface area contributed by atoms with Crippen LogP contribution < -0.4 is 5.76 Å². The fraction of sp³-hybridized carbons (Fsp3) is 0.444. The maximum atomic E-state index is 12.3. The third kappa shape index (κ3) is 2.43. The highest BCUT2D eigenvalue weighted by atomic mass is 16.4. The number of rotatable bonds is 2. The van der Waals surface area contributed by atoms with Gasteiger partial charge in [-0.1, -0.05) is 51.1 Å². The largest absolute Gasteiger partial charge is 0.419 e. The summed E-state index contributed by atoms with van der Waals surface area (Å²) in [5, 5.41) is 0. The summed E-state index contributed by atoms with van der Waals surface area (Å²) in [7, 11) is 0. The van der Waals surface area contributed by atoms with Gasteiger partial charge in [-0.15, -0.1) is 0 Å². The first kappa shape index (κ1) is 14.8. The van der Waals surface area contributed by atoms with Gasteiger partial charge in [-0.25, -0.2) is 4.79 Å². The summed E-state index contributed by atoms with van der Waals surface area (Å²) in [6.07, 6.45) is 0.571. The second-order valence-electron chi connectivity index (χ2n) is 6.34. The first-order valence-electron chi connectivity index (χ1n) is 7.79. The van der Waals surface area contributed by atoms with Crippen LogP contribution >= 0.6 is 0 Å². The van der Waals surface area contributed by atoms with Gasteiger partial charge in [0.1, 0.15) is 11.5 Å². The molecule has 3 atom stereocenters. The van der Waals surface area contributed by atoms with Gasteiger partial charge in [-0.05, 0) is 5.56 Å². The predicted octanol–water partition coefficient (Wildman–Crippen LogP) is 2.99. The van der Waals surface area contributed by atoms with Gasteiger partial charge in [0.15, 0.2) is 0 Å². The molecule has 4 heteroatoms. The Morgan fingerprint density at radius 2 is 1.77 bits per heavy atom. The summed E-state index contributed by atoms with van der Waals surface area (Å²) >= 11 is 0. The maximum absolute atomic E-state index is 12.3. The minimum Gasteiger partial charge on any atom is -0.412 e. The van der Waals surface area contributed by atoms with Gasteiger partial charge in [0, 0.05) is 24.2 Å². The first-order valence-corrected chi connectivity index (χ1v) is 7.79. The Hall–Kier alpha value is -2.10. The number of nitrogens with zero attached hydrogens (tertiary/aromatic N) is 1. The molecule has 22 heavy (non-hydrogen) atoms. The highest BCUT2D eigenvalue weighted by Gasteiger charge is 2.36. The molecule has 0 spiro atoms.